The lowest BCUT2D eigenvalue weighted by Gasteiger charge is -2.33. The Morgan fingerprint density at radius 1 is 1.26 bits per heavy atom. The average Bonchev–Trinajstić information content (AvgIpc) is 2.46. The third-order valence-corrected chi connectivity index (χ3v) is 5.37. The molecule has 1 aromatic carbocycles. The molecular weight excluding hydrogens is 316 g/mol. The number of benzene rings is 1. The zero-order valence-electron chi connectivity index (χ0n) is 14.0. The van der Waals surface area contributed by atoms with Crippen LogP contribution in [0.5, 0.6) is 0 Å². The van der Waals surface area contributed by atoms with Crippen LogP contribution in [0.15, 0.2) is 29.2 Å². The molecule has 1 aromatic rings. The Hall–Kier alpha value is -1.44. The summed E-state index contributed by atoms with van der Waals surface area (Å²) in [6.07, 6.45) is 0. The van der Waals surface area contributed by atoms with E-state index in [2.05, 4.69) is 5.32 Å². The number of ether oxygens (including phenoxy) is 1. The number of aryl methyl sites for hydroxylation is 1. The summed E-state index contributed by atoms with van der Waals surface area (Å²) in [6.45, 7) is 8.08. The molecule has 0 radical (unpaired) electrons. The number of carbonyl (C=O) groups is 1. The molecule has 128 valence electrons. The lowest BCUT2D eigenvalue weighted by atomic mass is 10.2. The first-order valence-corrected chi connectivity index (χ1v) is 9.07. The Bertz CT molecular complexity index is 662. The lowest BCUT2D eigenvalue weighted by molar-refractivity contribution is -0.158. The number of hydrogen-bond acceptors (Lipinski definition) is 5. The third-order valence-electron chi connectivity index (χ3n) is 3.49. The third kappa shape index (κ3) is 4.53. The molecule has 0 amide bonds. The maximum atomic E-state index is 12.7. The SMILES string of the molecule is Cc1ccc(S(=O)(=O)N2CCNC(C(=O)OC(C)(C)C)C2)cc1. The van der Waals surface area contributed by atoms with Gasteiger partial charge in [0.25, 0.3) is 0 Å². The predicted molar refractivity (Wildman–Crippen MR) is 87.6 cm³/mol. The molecule has 1 N–H and O–H groups in total. The number of nitrogens with zero attached hydrogens (tertiary/aromatic N) is 1. The van der Waals surface area contributed by atoms with Gasteiger partial charge >= 0.3 is 5.97 Å². The highest BCUT2D eigenvalue weighted by atomic mass is 32.2. The molecular formula is C16H24N2O4S. The number of piperazine rings is 1. The Morgan fingerprint density at radius 2 is 1.87 bits per heavy atom. The van der Waals surface area contributed by atoms with Gasteiger partial charge < -0.3 is 10.1 Å². The molecule has 0 aromatic heterocycles. The summed E-state index contributed by atoms with van der Waals surface area (Å²) in [7, 11) is -3.60. The summed E-state index contributed by atoms with van der Waals surface area (Å²) in [5.74, 6) is -0.429. The van der Waals surface area contributed by atoms with Crippen LogP contribution >= 0.6 is 0 Å². The molecule has 0 saturated carbocycles. The summed E-state index contributed by atoms with van der Waals surface area (Å²) in [4.78, 5) is 12.4. The van der Waals surface area contributed by atoms with Crippen LogP contribution in [0.4, 0.5) is 0 Å². The van der Waals surface area contributed by atoms with E-state index in [0.717, 1.165) is 5.56 Å². The van der Waals surface area contributed by atoms with E-state index in [4.69, 9.17) is 4.74 Å². The Labute approximate surface area is 137 Å². The maximum Gasteiger partial charge on any atom is 0.325 e. The molecule has 1 aliphatic heterocycles. The van der Waals surface area contributed by atoms with Gasteiger partial charge in [-0.3, -0.25) is 4.79 Å². The second kappa shape index (κ2) is 6.59. The zero-order chi connectivity index (χ0) is 17.3. The largest absolute Gasteiger partial charge is 0.459 e. The van der Waals surface area contributed by atoms with Gasteiger partial charge in [-0.1, -0.05) is 17.7 Å². The van der Waals surface area contributed by atoms with Gasteiger partial charge in [0.05, 0.1) is 4.90 Å². The van der Waals surface area contributed by atoms with Gasteiger partial charge in [-0.2, -0.15) is 4.31 Å². The molecule has 2 rings (SSSR count). The van der Waals surface area contributed by atoms with E-state index in [9.17, 15) is 13.2 Å². The number of rotatable bonds is 3. The fourth-order valence-electron chi connectivity index (χ4n) is 2.33. The van der Waals surface area contributed by atoms with Crippen molar-refractivity contribution >= 4 is 16.0 Å². The number of nitrogens with one attached hydrogen (secondary N) is 1. The van der Waals surface area contributed by atoms with Crippen molar-refractivity contribution in [3.8, 4) is 0 Å². The summed E-state index contributed by atoms with van der Waals surface area (Å²) in [5.41, 5.74) is 0.396. The first-order valence-electron chi connectivity index (χ1n) is 7.63. The van der Waals surface area contributed by atoms with Gasteiger partial charge in [-0.15, -0.1) is 0 Å². The summed E-state index contributed by atoms with van der Waals surface area (Å²) in [5, 5.41) is 3.02. The van der Waals surface area contributed by atoms with E-state index in [1.807, 2.05) is 6.92 Å². The number of carbonyl (C=O) groups excluding carboxylic acids is 1. The second-order valence-corrected chi connectivity index (χ2v) is 8.65. The van der Waals surface area contributed by atoms with E-state index >= 15 is 0 Å². The normalized spacial score (nSPS) is 20.3. The molecule has 1 atom stereocenters. The average molecular weight is 340 g/mol. The molecule has 1 heterocycles. The van der Waals surface area contributed by atoms with Gasteiger partial charge in [-0.25, -0.2) is 8.42 Å². The van der Waals surface area contributed by atoms with Gasteiger partial charge in [-0.05, 0) is 39.8 Å². The lowest BCUT2D eigenvalue weighted by Crippen LogP contribution is -2.56. The Kier molecular flexibility index (Phi) is 5.13. The highest BCUT2D eigenvalue weighted by molar-refractivity contribution is 7.89. The highest BCUT2D eigenvalue weighted by Crippen LogP contribution is 2.19. The number of hydrogen-bond donors (Lipinski definition) is 1. The van der Waals surface area contributed by atoms with Crippen molar-refractivity contribution < 1.29 is 17.9 Å². The molecule has 6 nitrogen and oxygen atoms in total. The molecule has 1 unspecified atom stereocenters. The maximum absolute atomic E-state index is 12.7. The minimum atomic E-state index is -3.60. The van der Waals surface area contributed by atoms with Crippen molar-refractivity contribution in [3.05, 3.63) is 29.8 Å². The van der Waals surface area contributed by atoms with Crippen LogP contribution < -0.4 is 5.32 Å². The minimum absolute atomic E-state index is 0.0745. The Balaban J connectivity index is 2.14. The first-order chi connectivity index (χ1) is 10.6. The quantitative estimate of drug-likeness (QED) is 0.840. The summed E-state index contributed by atoms with van der Waals surface area (Å²) in [6, 6.07) is 6.06. The molecule has 0 aliphatic carbocycles. The highest BCUT2D eigenvalue weighted by Gasteiger charge is 2.35. The van der Waals surface area contributed by atoms with Crippen molar-refractivity contribution in [1.29, 1.82) is 0 Å². The predicted octanol–water partition coefficient (Wildman–Crippen LogP) is 1.30. The summed E-state index contributed by atoms with van der Waals surface area (Å²) < 4.78 is 32.1. The van der Waals surface area contributed by atoms with E-state index in [1.54, 1.807) is 45.0 Å². The van der Waals surface area contributed by atoms with Gasteiger partial charge in [0.1, 0.15) is 11.6 Å². The van der Waals surface area contributed by atoms with E-state index < -0.39 is 27.6 Å². The van der Waals surface area contributed by atoms with Crippen molar-refractivity contribution in [2.24, 2.45) is 0 Å². The van der Waals surface area contributed by atoms with Crippen molar-refractivity contribution in [2.45, 2.75) is 44.2 Å². The molecule has 23 heavy (non-hydrogen) atoms. The standard InChI is InChI=1S/C16H24N2O4S/c1-12-5-7-13(8-6-12)23(20,21)18-10-9-17-14(11-18)15(19)22-16(2,3)4/h5-8,14,17H,9-11H2,1-4H3. The fraction of sp³-hybridized carbons (Fsp3) is 0.562. The smallest absolute Gasteiger partial charge is 0.325 e. The molecule has 1 aliphatic rings. The topological polar surface area (TPSA) is 75.7 Å². The van der Waals surface area contributed by atoms with E-state index in [0.29, 0.717) is 13.1 Å². The van der Waals surface area contributed by atoms with E-state index in [-0.39, 0.29) is 11.4 Å². The van der Waals surface area contributed by atoms with Crippen molar-refractivity contribution in [1.82, 2.24) is 9.62 Å². The molecule has 0 spiro atoms. The zero-order valence-corrected chi connectivity index (χ0v) is 14.8. The van der Waals surface area contributed by atoms with Crippen molar-refractivity contribution in [3.63, 3.8) is 0 Å². The fourth-order valence-corrected chi connectivity index (χ4v) is 3.79. The number of esters is 1. The molecule has 7 heteroatoms. The van der Waals surface area contributed by atoms with Gasteiger partial charge in [0, 0.05) is 19.6 Å². The minimum Gasteiger partial charge on any atom is -0.459 e. The van der Waals surface area contributed by atoms with Crippen LogP contribution in [0.25, 0.3) is 0 Å². The van der Waals surface area contributed by atoms with Crippen LogP contribution in [-0.4, -0.2) is 50.0 Å². The first kappa shape index (κ1) is 17.9. The van der Waals surface area contributed by atoms with Gasteiger partial charge in [0.15, 0.2) is 0 Å². The molecule has 1 fully saturated rings. The number of sulfonamides is 1. The van der Waals surface area contributed by atoms with E-state index in [1.165, 1.54) is 4.31 Å². The van der Waals surface area contributed by atoms with Crippen molar-refractivity contribution in [2.75, 3.05) is 19.6 Å². The van der Waals surface area contributed by atoms with Crippen LogP contribution in [0, 0.1) is 6.92 Å². The monoisotopic (exact) mass is 340 g/mol. The van der Waals surface area contributed by atoms with Crippen LogP contribution in [0.2, 0.25) is 0 Å². The van der Waals surface area contributed by atoms with Crippen LogP contribution in [-0.2, 0) is 19.6 Å². The Morgan fingerprint density at radius 3 is 2.43 bits per heavy atom. The molecule has 1 saturated heterocycles. The summed E-state index contributed by atoms with van der Waals surface area (Å²) >= 11 is 0. The molecule has 0 bridgehead atoms. The second-order valence-electron chi connectivity index (χ2n) is 6.72. The van der Waals surface area contributed by atoms with Crippen LogP contribution in [0.1, 0.15) is 26.3 Å². The van der Waals surface area contributed by atoms with Gasteiger partial charge in [0.2, 0.25) is 10.0 Å². The van der Waals surface area contributed by atoms with Crippen LogP contribution in [0.3, 0.4) is 0 Å².